The fourth-order valence-corrected chi connectivity index (χ4v) is 2.85. The van der Waals surface area contributed by atoms with Gasteiger partial charge >= 0.3 is 5.97 Å². The van der Waals surface area contributed by atoms with Crippen molar-refractivity contribution >= 4 is 11.8 Å². The topological polar surface area (TPSA) is 84.3 Å². The number of carbonyl (C=O) groups is 1. The number of aromatic nitrogens is 2. The second kappa shape index (κ2) is 6.74. The molecule has 21 heavy (non-hydrogen) atoms. The van der Waals surface area contributed by atoms with E-state index in [1.807, 2.05) is 6.92 Å². The summed E-state index contributed by atoms with van der Waals surface area (Å²) in [6.45, 7) is 4.69. The number of ether oxygens (including phenoxy) is 1. The molecule has 0 radical (unpaired) electrons. The summed E-state index contributed by atoms with van der Waals surface area (Å²) in [5.41, 5.74) is -0.936. The summed E-state index contributed by atoms with van der Waals surface area (Å²) in [5, 5.41) is 12.8. The quantitative estimate of drug-likeness (QED) is 0.839. The molecule has 0 aromatic carbocycles. The smallest absolute Gasteiger partial charge is 0.329 e. The van der Waals surface area contributed by atoms with Gasteiger partial charge in [0.05, 0.1) is 6.61 Å². The maximum Gasteiger partial charge on any atom is 0.329 e. The Bertz CT molecular complexity index is 495. The summed E-state index contributed by atoms with van der Waals surface area (Å²) in [7, 11) is 0. The molecule has 1 fully saturated rings. The Hall–Kier alpha value is -1.85. The molecule has 2 unspecified atom stereocenters. The van der Waals surface area contributed by atoms with Gasteiger partial charge in [-0.15, -0.1) is 0 Å². The highest BCUT2D eigenvalue weighted by atomic mass is 16.5. The van der Waals surface area contributed by atoms with Crippen LogP contribution in [0.1, 0.15) is 46.0 Å². The van der Waals surface area contributed by atoms with Crippen LogP contribution in [0.25, 0.3) is 0 Å². The lowest BCUT2D eigenvalue weighted by atomic mass is 9.76. The van der Waals surface area contributed by atoms with Gasteiger partial charge in [0.25, 0.3) is 0 Å². The molecular formula is C15H23N3O3. The first-order valence-corrected chi connectivity index (χ1v) is 7.52. The van der Waals surface area contributed by atoms with E-state index in [1.54, 1.807) is 6.07 Å². The monoisotopic (exact) mass is 293 g/mol. The predicted molar refractivity (Wildman–Crippen MR) is 79.4 cm³/mol. The Kier molecular flexibility index (Phi) is 4.98. The van der Waals surface area contributed by atoms with E-state index >= 15 is 0 Å². The number of hydrogen-bond acceptors (Lipinski definition) is 5. The van der Waals surface area contributed by atoms with Crippen LogP contribution in [0.4, 0.5) is 5.82 Å². The number of nitrogens with zero attached hydrogens (tertiary/aromatic N) is 2. The Morgan fingerprint density at radius 2 is 2.38 bits per heavy atom. The van der Waals surface area contributed by atoms with E-state index in [0.717, 1.165) is 19.3 Å². The average Bonchev–Trinajstić information content (AvgIpc) is 2.45. The van der Waals surface area contributed by atoms with Gasteiger partial charge in [-0.3, -0.25) is 0 Å². The molecular weight excluding hydrogens is 270 g/mol. The number of anilines is 1. The standard InChI is InChI=1S/C15H23N3O3/c1-3-7-21-13-8-12(16-10-17-13)18-15(14(19)20)6-4-5-11(2)9-15/h8,10-11H,3-7,9H2,1-2H3,(H,19,20)(H,16,17,18). The number of hydrogen-bond donors (Lipinski definition) is 2. The van der Waals surface area contributed by atoms with Crippen molar-refractivity contribution in [1.82, 2.24) is 9.97 Å². The summed E-state index contributed by atoms with van der Waals surface area (Å²) in [6.07, 6.45) is 5.49. The molecule has 0 amide bonds. The SMILES string of the molecule is CCCOc1cc(NC2(C(=O)O)CCCC(C)C2)ncn1. The molecule has 0 aliphatic heterocycles. The maximum absolute atomic E-state index is 11.7. The van der Waals surface area contributed by atoms with E-state index in [9.17, 15) is 9.90 Å². The van der Waals surface area contributed by atoms with Gasteiger partial charge in [-0.05, 0) is 25.2 Å². The minimum Gasteiger partial charge on any atom is -0.480 e. The van der Waals surface area contributed by atoms with E-state index in [0.29, 0.717) is 37.1 Å². The molecule has 1 aromatic rings. The largest absolute Gasteiger partial charge is 0.480 e. The number of nitrogens with one attached hydrogen (secondary N) is 1. The first-order valence-electron chi connectivity index (χ1n) is 7.52. The first kappa shape index (κ1) is 15.5. The van der Waals surface area contributed by atoms with Gasteiger partial charge in [0, 0.05) is 6.07 Å². The molecule has 2 N–H and O–H groups in total. The minimum atomic E-state index is -0.936. The van der Waals surface area contributed by atoms with E-state index in [-0.39, 0.29) is 0 Å². The molecule has 1 aliphatic rings. The van der Waals surface area contributed by atoms with E-state index < -0.39 is 11.5 Å². The van der Waals surface area contributed by atoms with Gasteiger partial charge < -0.3 is 15.2 Å². The molecule has 1 aliphatic carbocycles. The minimum absolute atomic E-state index is 0.389. The van der Waals surface area contributed by atoms with Gasteiger partial charge in [-0.1, -0.05) is 26.7 Å². The zero-order valence-electron chi connectivity index (χ0n) is 12.6. The van der Waals surface area contributed by atoms with Crippen LogP contribution < -0.4 is 10.1 Å². The average molecular weight is 293 g/mol. The summed E-state index contributed by atoms with van der Waals surface area (Å²) in [6, 6.07) is 1.67. The number of rotatable bonds is 6. The molecule has 116 valence electrons. The molecule has 2 rings (SSSR count). The third-order valence-electron chi connectivity index (χ3n) is 3.87. The van der Waals surface area contributed by atoms with Gasteiger partial charge in [0.1, 0.15) is 17.7 Å². The van der Waals surface area contributed by atoms with Crippen molar-refractivity contribution in [1.29, 1.82) is 0 Å². The fourth-order valence-electron chi connectivity index (χ4n) is 2.85. The van der Waals surface area contributed by atoms with Crippen LogP contribution in [-0.2, 0) is 4.79 Å². The zero-order chi connectivity index (χ0) is 15.3. The lowest BCUT2D eigenvalue weighted by Gasteiger charge is -2.37. The molecule has 1 heterocycles. The van der Waals surface area contributed by atoms with Gasteiger partial charge in [0.15, 0.2) is 0 Å². The maximum atomic E-state index is 11.7. The van der Waals surface area contributed by atoms with Crippen molar-refractivity contribution in [3.8, 4) is 5.88 Å². The van der Waals surface area contributed by atoms with Crippen molar-refractivity contribution in [3.63, 3.8) is 0 Å². The Balaban J connectivity index is 2.15. The van der Waals surface area contributed by atoms with Gasteiger partial charge in [-0.2, -0.15) is 0 Å². The summed E-state index contributed by atoms with van der Waals surface area (Å²) >= 11 is 0. The van der Waals surface area contributed by atoms with Crippen LogP contribution in [0.15, 0.2) is 12.4 Å². The van der Waals surface area contributed by atoms with Crippen LogP contribution >= 0.6 is 0 Å². The molecule has 6 heteroatoms. The normalized spacial score (nSPS) is 25.3. The van der Waals surface area contributed by atoms with Crippen molar-refractivity contribution < 1.29 is 14.6 Å². The van der Waals surface area contributed by atoms with Crippen molar-refractivity contribution in [2.75, 3.05) is 11.9 Å². The first-order chi connectivity index (χ1) is 10.1. The van der Waals surface area contributed by atoms with Crippen LogP contribution in [-0.4, -0.2) is 33.2 Å². The molecule has 0 saturated heterocycles. The van der Waals surface area contributed by atoms with Crippen LogP contribution in [0, 0.1) is 5.92 Å². The molecule has 0 spiro atoms. The second-order valence-electron chi connectivity index (χ2n) is 5.80. The van der Waals surface area contributed by atoms with Crippen molar-refractivity contribution in [2.24, 2.45) is 5.92 Å². The highest BCUT2D eigenvalue weighted by Gasteiger charge is 2.42. The number of carboxylic acid groups (broad SMARTS) is 1. The van der Waals surface area contributed by atoms with E-state index in [2.05, 4.69) is 22.2 Å². The van der Waals surface area contributed by atoms with E-state index in [4.69, 9.17) is 4.74 Å². The number of aliphatic carboxylic acids is 1. The number of carboxylic acids is 1. The van der Waals surface area contributed by atoms with E-state index in [1.165, 1.54) is 6.33 Å². The van der Waals surface area contributed by atoms with Crippen LogP contribution in [0.3, 0.4) is 0 Å². The zero-order valence-corrected chi connectivity index (χ0v) is 12.6. The molecule has 0 bridgehead atoms. The third kappa shape index (κ3) is 3.83. The summed E-state index contributed by atoms with van der Waals surface area (Å²) < 4.78 is 5.46. The summed E-state index contributed by atoms with van der Waals surface area (Å²) in [5.74, 6) is 0.551. The highest BCUT2D eigenvalue weighted by Crippen LogP contribution is 2.35. The van der Waals surface area contributed by atoms with Crippen LogP contribution in [0.2, 0.25) is 0 Å². The van der Waals surface area contributed by atoms with Crippen LogP contribution in [0.5, 0.6) is 5.88 Å². The molecule has 1 saturated carbocycles. The summed E-state index contributed by atoms with van der Waals surface area (Å²) in [4.78, 5) is 19.9. The Morgan fingerprint density at radius 3 is 3.05 bits per heavy atom. The van der Waals surface area contributed by atoms with Crippen molar-refractivity contribution in [2.45, 2.75) is 51.5 Å². The second-order valence-corrected chi connectivity index (χ2v) is 5.80. The lowest BCUT2D eigenvalue weighted by molar-refractivity contribution is -0.144. The Labute approximate surface area is 124 Å². The van der Waals surface area contributed by atoms with Gasteiger partial charge in [0.2, 0.25) is 5.88 Å². The Morgan fingerprint density at radius 1 is 1.57 bits per heavy atom. The molecule has 1 aromatic heterocycles. The third-order valence-corrected chi connectivity index (χ3v) is 3.87. The van der Waals surface area contributed by atoms with Gasteiger partial charge in [-0.25, -0.2) is 14.8 Å². The molecule has 6 nitrogen and oxygen atoms in total. The fraction of sp³-hybridized carbons (Fsp3) is 0.667. The molecule has 2 atom stereocenters. The lowest BCUT2D eigenvalue weighted by Crippen LogP contribution is -2.49. The highest BCUT2D eigenvalue weighted by molar-refractivity contribution is 5.82. The predicted octanol–water partition coefficient (Wildman–Crippen LogP) is 2.71. The van der Waals surface area contributed by atoms with Crippen molar-refractivity contribution in [3.05, 3.63) is 12.4 Å².